The summed E-state index contributed by atoms with van der Waals surface area (Å²) < 4.78 is 7.75. The van der Waals surface area contributed by atoms with E-state index in [1.54, 1.807) is 32.4 Å². The molecule has 2 unspecified atom stereocenters. The van der Waals surface area contributed by atoms with Gasteiger partial charge in [0.1, 0.15) is 5.75 Å². The first-order chi connectivity index (χ1) is 20.1. The number of hydrogen-bond donors (Lipinski definition) is 3. The van der Waals surface area contributed by atoms with Crippen LogP contribution in [0.5, 0.6) is 5.75 Å². The Bertz CT molecular complexity index is 1680. The molecule has 1 aliphatic heterocycles. The van der Waals surface area contributed by atoms with Crippen LogP contribution in [0.4, 0.5) is 11.4 Å². The van der Waals surface area contributed by atoms with Gasteiger partial charge in [-0.1, -0.05) is 19.1 Å². The van der Waals surface area contributed by atoms with Crippen molar-refractivity contribution in [1.82, 2.24) is 14.9 Å². The number of nitrogens with one attached hydrogen (secondary N) is 2. The number of anilines is 2. The Hall–Kier alpha value is -4.70. The summed E-state index contributed by atoms with van der Waals surface area (Å²) in [7, 11) is 1.57. The highest BCUT2D eigenvalue weighted by atomic mass is 32.1. The molecule has 0 spiro atoms. The summed E-state index contributed by atoms with van der Waals surface area (Å²) in [6, 6.07) is 18.1. The molecule has 42 heavy (non-hydrogen) atoms. The van der Waals surface area contributed by atoms with Crippen LogP contribution in [0.25, 0.3) is 5.69 Å². The van der Waals surface area contributed by atoms with E-state index in [4.69, 9.17) is 17.0 Å². The van der Waals surface area contributed by atoms with Crippen LogP contribution < -0.4 is 20.3 Å². The fraction of sp³-hybridized carbons (Fsp3) is 0.250. The highest BCUT2D eigenvalue weighted by Gasteiger charge is 2.42. The monoisotopic (exact) mass is 583 g/mol. The van der Waals surface area contributed by atoms with Crippen molar-refractivity contribution in [3.63, 3.8) is 0 Å². The number of aromatic nitrogens is 2. The normalized spacial score (nSPS) is 16.3. The molecule has 4 aromatic rings. The predicted octanol–water partition coefficient (Wildman–Crippen LogP) is 6.03. The number of aromatic carboxylic acids is 1. The molecule has 1 amide bonds. The van der Waals surface area contributed by atoms with Crippen molar-refractivity contribution in [3.05, 3.63) is 101 Å². The van der Waals surface area contributed by atoms with Gasteiger partial charge in [0.15, 0.2) is 5.11 Å². The lowest BCUT2D eigenvalue weighted by Crippen LogP contribution is -2.29. The third-order valence-corrected chi connectivity index (χ3v) is 7.96. The maximum Gasteiger partial charge on any atom is 0.335 e. The summed E-state index contributed by atoms with van der Waals surface area (Å²) in [5, 5.41) is 16.6. The second-order valence-electron chi connectivity index (χ2n) is 10.3. The molecule has 1 fully saturated rings. The van der Waals surface area contributed by atoms with Crippen LogP contribution in [0, 0.1) is 20.8 Å². The van der Waals surface area contributed by atoms with Crippen molar-refractivity contribution < 1.29 is 19.4 Å². The number of carboxylic acid groups (broad SMARTS) is 1. The number of carboxylic acids is 1. The lowest BCUT2D eigenvalue weighted by Gasteiger charge is -2.29. The summed E-state index contributed by atoms with van der Waals surface area (Å²) in [6.07, 6.45) is 2.11. The molecule has 216 valence electrons. The van der Waals surface area contributed by atoms with Crippen LogP contribution in [0.3, 0.4) is 0 Å². The molecule has 0 bridgehead atoms. The first kappa shape index (κ1) is 28.8. The minimum atomic E-state index is -0.974. The molecule has 1 saturated heterocycles. The first-order valence-corrected chi connectivity index (χ1v) is 14.1. The van der Waals surface area contributed by atoms with Crippen molar-refractivity contribution in [2.75, 3.05) is 17.3 Å². The van der Waals surface area contributed by atoms with Crippen molar-refractivity contribution in [1.29, 1.82) is 0 Å². The van der Waals surface area contributed by atoms with Crippen LogP contribution in [0.2, 0.25) is 0 Å². The van der Waals surface area contributed by atoms with Gasteiger partial charge < -0.3 is 29.9 Å². The van der Waals surface area contributed by atoms with E-state index in [2.05, 4.69) is 31.2 Å². The summed E-state index contributed by atoms with van der Waals surface area (Å²) in [5.74, 6) is -0.566. The molecule has 0 saturated carbocycles. The van der Waals surface area contributed by atoms with Crippen LogP contribution in [0.1, 0.15) is 64.0 Å². The molecule has 0 aliphatic carbocycles. The lowest BCUT2D eigenvalue weighted by molar-refractivity contribution is -0.115. The number of nitrogens with zero attached hydrogens (tertiary/aromatic N) is 3. The number of rotatable bonds is 8. The SMILES string of the molecule is CCC(=O)Nc1ccc(N2C(=S)NC(c3ccccn3)C2c2cc(C)n(-c3cc(C(=O)O)ccc3C)c2C)cc1OC. The lowest BCUT2D eigenvalue weighted by atomic mass is 9.96. The third kappa shape index (κ3) is 5.21. The quantitative estimate of drug-likeness (QED) is 0.216. The number of carbonyl (C=O) groups excluding carboxylic acids is 1. The second-order valence-corrected chi connectivity index (χ2v) is 10.6. The molecule has 10 heteroatoms. The zero-order valence-electron chi connectivity index (χ0n) is 24.1. The Morgan fingerprint density at radius 3 is 2.55 bits per heavy atom. The largest absolute Gasteiger partial charge is 0.494 e. The summed E-state index contributed by atoms with van der Waals surface area (Å²) in [5.41, 5.74) is 7.12. The fourth-order valence-corrected chi connectivity index (χ4v) is 5.91. The van der Waals surface area contributed by atoms with Gasteiger partial charge in [0.05, 0.1) is 36.1 Å². The number of methoxy groups -OCH3 is 1. The molecule has 9 nitrogen and oxygen atoms in total. The summed E-state index contributed by atoms with van der Waals surface area (Å²) >= 11 is 5.93. The average molecular weight is 584 g/mol. The van der Waals surface area contributed by atoms with Gasteiger partial charge in [0.25, 0.3) is 0 Å². The average Bonchev–Trinajstić information content (AvgIpc) is 3.48. The Balaban J connectivity index is 1.67. The van der Waals surface area contributed by atoms with Crippen LogP contribution in [0.15, 0.2) is 66.9 Å². The molecule has 3 N–H and O–H groups in total. The first-order valence-electron chi connectivity index (χ1n) is 13.7. The van der Waals surface area contributed by atoms with E-state index in [1.807, 2.05) is 63.2 Å². The smallest absolute Gasteiger partial charge is 0.335 e. The zero-order valence-corrected chi connectivity index (χ0v) is 25.0. The van der Waals surface area contributed by atoms with E-state index < -0.39 is 5.97 Å². The van der Waals surface area contributed by atoms with Gasteiger partial charge in [-0.15, -0.1) is 0 Å². The summed E-state index contributed by atoms with van der Waals surface area (Å²) in [6.45, 7) is 7.81. The van der Waals surface area contributed by atoms with E-state index >= 15 is 0 Å². The van der Waals surface area contributed by atoms with Gasteiger partial charge in [-0.2, -0.15) is 0 Å². The third-order valence-electron chi connectivity index (χ3n) is 7.64. The summed E-state index contributed by atoms with van der Waals surface area (Å²) in [4.78, 5) is 30.6. The van der Waals surface area contributed by atoms with Crippen molar-refractivity contribution >= 4 is 40.6 Å². The fourth-order valence-electron chi connectivity index (χ4n) is 5.56. The molecular formula is C32H33N5O4S. The van der Waals surface area contributed by atoms with E-state index in [9.17, 15) is 14.7 Å². The van der Waals surface area contributed by atoms with Crippen LogP contribution in [-0.2, 0) is 4.79 Å². The number of carbonyl (C=O) groups is 2. The van der Waals surface area contributed by atoms with Crippen molar-refractivity contribution in [3.8, 4) is 11.4 Å². The number of benzene rings is 2. The predicted molar refractivity (Wildman–Crippen MR) is 167 cm³/mol. The minimum Gasteiger partial charge on any atom is -0.494 e. The Morgan fingerprint density at radius 2 is 1.88 bits per heavy atom. The Kier molecular flexibility index (Phi) is 8.00. The molecule has 1 aliphatic rings. The number of amides is 1. The topological polar surface area (TPSA) is 109 Å². The van der Waals surface area contributed by atoms with Gasteiger partial charge in [-0.05, 0) is 86.6 Å². The van der Waals surface area contributed by atoms with Crippen LogP contribution >= 0.6 is 12.2 Å². The maximum absolute atomic E-state index is 12.1. The molecule has 2 atom stereocenters. The van der Waals surface area contributed by atoms with E-state index in [1.165, 1.54) is 0 Å². The van der Waals surface area contributed by atoms with Gasteiger partial charge in [-0.25, -0.2) is 4.79 Å². The van der Waals surface area contributed by atoms with E-state index in [-0.39, 0.29) is 23.6 Å². The minimum absolute atomic E-state index is 0.109. The maximum atomic E-state index is 12.1. The highest BCUT2D eigenvalue weighted by Crippen LogP contribution is 2.45. The van der Waals surface area contributed by atoms with Crippen LogP contribution in [-0.4, -0.2) is 38.8 Å². The Morgan fingerprint density at radius 1 is 1.10 bits per heavy atom. The van der Waals surface area contributed by atoms with Gasteiger partial charge in [0.2, 0.25) is 5.91 Å². The van der Waals surface area contributed by atoms with E-state index in [0.29, 0.717) is 23.0 Å². The number of ether oxygens (including phenoxy) is 1. The number of hydrogen-bond acceptors (Lipinski definition) is 5. The molecule has 2 aromatic carbocycles. The van der Waals surface area contributed by atoms with Crippen molar-refractivity contribution in [2.24, 2.45) is 0 Å². The molecular weight excluding hydrogens is 550 g/mol. The van der Waals surface area contributed by atoms with Gasteiger partial charge >= 0.3 is 5.97 Å². The molecule has 0 radical (unpaired) electrons. The highest BCUT2D eigenvalue weighted by molar-refractivity contribution is 7.80. The van der Waals surface area contributed by atoms with E-state index in [0.717, 1.165) is 39.6 Å². The number of thiocarbonyl (C=S) groups is 1. The van der Waals surface area contributed by atoms with Crippen molar-refractivity contribution in [2.45, 2.75) is 46.2 Å². The standard InChI is InChI=1S/C32H33N5O4S/c1-6-28(38)34-24-13-12-22(17-27(24)41-5)37-30(29(35-32(37)42)25-9-7-8-14-33-25)23-15-19(3)36(20(23)4)26-16-21(31(39)40)11-10-18(26)2/h7-17,29-30H,6H2,1-5H3,(H,34,38)(H,35,42)(H,39,40). The second kappa shape index (κ2) is 11.7. The zero-order chi connectivity index (χ0) is 30.1. The Labute approximate surface area is 250 Å². The number of aryl methyl sites for hydroxylation is 2. The molecule has 2 aromatic heterocycles. The molecule has 5 rings (SSSR count). The molecule has 3 heterocycles. The van der Waals surface area contributed by atoms with Gasteiger partial charge in [-0.3, -0.25) is 9.78 Å². The van der Waals surface area contributed by atoms with Gasteiger partial charge in [0, 0.05) is 41.4 Å². The number of pyridine rings is 1.